The van der Waals surface area contributed by atoms with Crippen LogP contribution >= 0.6 is 0 Å². The van der Waals surface area contributed by atoms with Gasteiger partial charge in [0.05, 0.1) is 6.04 Å². The summed E-state index contributed by atoms with van der Waals surface area (Å²) < 4.78 is 0. The lowest BCUT2D eigenvalue weighted by Crippen LogP contribution is -2.47. The minimum absolute atomic E-state index is 0.137. The van der Waals surface area contributed by atoms with Crippen LogP contribution in [0.5, 0.6) is 0 Å². The van der Waals surface area contributed by atoms with E-state index in [0.717, 1.165) is 71.5 Å². The zero-order valence-electron chi connectivity index (χ0n) is 36.0. The van der Waals surface area contributed by atoms with Gasteiger partial charge in [-0.05, 0) is 51.2 Å². The average molecular weight is 752 g/mol. The smallest absolute Gasteiger partial charge is 0.237 e. The van der Waals surface area contributed by atoms with Crippen LogP contribution in [0, 0.1) is 5.92 Å². The predicted molar refractivity (Wildman–Crippen MR) is 235 cm³/mol. The number of nitrogens with two attached hydrogens (primary N) is 3. The van der Waals surface area contributed by atoms with Crippen LogP contribution in [0.1, 0.15) is 206 Å². The first-order chi connectivity index (χ1) is 26.1. The largest absolute Gasteiger partial charge is 0.355 e. The molecule has 8 heteroatoms. The van der Waals surface area contributed by atoms with Gasteiger partial charge in [-0.15, -0.1) is 0 Å². The lowest BCUT2D eigenvalue weighted by Gasteiger charge is -2.25. The lowest BCUT2D eigenvalue weighted by atomic mass is 9.98. The lowest BCUT2D eigenvalue weighted by molar-refractivity contribution is -0.123. The minimum atomic E-state index is -0.137. The van der Waals surface area contributed by atoms with E-state index in [-0.39, 0.29) is 11.9 Å². The third-order valence-corrected chi connectivity index (χ3v) is 11.1. The molecule has 0 aromatic rings. The van der Waals surface area contributed by atoms with Gasteiger partial charge in [0, 0.05) is 45.8 Å². The Balaban J connectivity index is 4.61. The molecule has 0 aromatic carbocycles. The average Bonchev–Trinajstić information content (AvgIpc) is 3.16. The summed E-state index contributed by atoms with van der Waals surface area (Å²) in [4.78, 5) is 15.7. The fraction of sp³-hybridized carbons (Fsp3) is 0.978. The van der Waals surface area contributed by atoms with Gasteiger partial charge >= 0.3 is 0 Å². The maximum Gasteiger partial charge on any atom is 0.237 e. The molecule has 0 aliphatic rings. The van der Waals surface area contributed by atoms with Gasteiger partial charge in [0.1, 0.15) is 0 Å². The highest BCUT2D eigenvalue weighted by Gasteiger charge is 2.19. The Morgan fingerprint density at radius 2 is 0.906 bits per heavy atom. The van der Waals surface area contributed by atoms with Crippen molar-refractivity contribution in [3.8, 4) is 0 Å². The SMILES string of the molecule is CCCCCCCCCCCCCCCCC(CNCCN(CCN)CCN)CN[C@@H](CCCCN)C(=O)NCCCCCCCCCCCCCC. The van der Waals surface area contributed by atoms with Crippen molar-refractivity contribution < 1.29 is 4.79 Å². The number of hydrogen-bond donors (Lipinski definition) is 6. The summed E-state index contributed by atoms with van der Waals surface area (Å²) in [5.74, 6) is 0.679. The number of carbonyl (C=O) groups excluding carboxylic acids is 1. The van der Waals surface area contributed by atoms with E-state index in [4.69, 9.17) is 17.2 Å². The molecule has 9 N–H and O–H groups in total. The minimum Gasteiger partial charge on any atom is -0.355 e. The van der Waals surface area contributed by atoms with Crippen LogP contribution in [0.15, 0.2) is 0 Å². The Bertz CT molecular complexity index is 706. The maximum atomic E-state index is 13.4. The zero-order chi connectivity index (χ0) is 38.7. The first-order valence-corrected chi connectivity index (χ1v) is 23.7. The third-order valence-electron chi connectivity index (χ3n) is 11.1. The number of rotatable bonds is 45. The highest BCUT2D eigenvalue weighted by Crippen LogP contribution is 2.16. The Morgan fingerprint density at radius 1 is 0.472 bits per heavy atom. The van der Waals surface area contributed by atoms with Gasteiger partial charge in [-0.2, -0.15) is 0 Å². The van der Waals surface area contributed by atoms with Crippen molar-refractivity contribution >= 4 is 5.91 Å². The predicted octanol–water partition coefficient (Wildman–Crippen LogP) is 9.19. The maximum absolute atomic E-state index is 13.4. The molecule has 0 saturated carbocycles. The Kier molecular flexibility index (Phi) is 43.3. The highest BCUT2D eigenvalue weighted by atomic mass is 16.2. The second-order valence-electron chi connectivity index (χ2n) is 16.3. The molecule has 0 rings (SSSR count). The molecule has 0 spiro atoms. The Morgan fingerprint density at radius 3 is 1.36 bits per heavy atom. The quantitative estimate of drug-likeness (QED) is 0.0342. The van der Waals surface area contributed by atoms with Crippen molar-refractivity contribution in [1.82, 2.24) is 20.9 Å². The summed E-state index contributed by atoms with van der Waals surface area (Å²) in [7, 11) is 0. The van der Waals surface area contributed by atoms with Gasteiger partial charge in [-0.3, -0.25) is 9.69 Å². The molecule has 0 heterocycles. The van der Waals surface area contributed by atoms with E-state index in [1.54, 1.807) is 0 Å². The summed E-state index contributed by atoms with van der Waals surface area (Å²) in [5.41, 5.74) is 17.5. The fourth-order valence-corrected chi connectivity index (χ4v) is 7.58. The number of hydrogen-bond acceptors (Lipinski definition) is 7. The van der Waals surface area contributed by atoms with Crippen molar-refractivity contribution in [2.45, 2.75) is 213 Å². The van der Waals surface area contributed by atoms with Gasteiger partial charge in [-0.1, -0.05) is 181 Å². The summed E-state index contributed by atoms with van der Waals surface area (Å²) in [6, 6.07) is -0.137. The van der Waals surface area contributed by atoms with E-state index < -0.39 is 0 Å². The monoisotopic (exact) mass is 752 g/mol. The number of nitrogens with one attached hydrogen (secondary N) is 3. The van der Waals surface area contributed by atoms with Crippen molar-refractivity contribution in [1.29, 1.82) is 0 Å². The van der Waals surface area contributed by atoms with Gasteiger partial charge in [0.2, 0.25) is 5.91 Å². The van der Waals surface area contributed by atoms with Crippen LogP contribution < -0.4 is 33.2 Å². The Hall–Kier alpha value is -0.770. The number of nitrogens with zero attached hydrogens (tertiary/aromatic N) is 1. The van der Waals surface area contributed by atoms with E-state index in [2.05, 4.69) is 34.7 Å². The van der Waals surface area contributed by atoms with Gasteiger partial charge in [-0.25, -0.2) is 0 Å². The van der Waals surface area contributed by atoms with Crippen LogP contribution in [0.2, 0.25) is 0 Å². The van der Waals surface area contributed by atoms with Crippen molar-refractivity contribution in [3.63, 3.8) is 0 Å². The number of unbranched alkanes of at least 4 members (excludes halogenated alkanes) is 25. The summed E-state index contributed by atoms with van der Waals surface area (Å²) >= 11 is 0. The number of amides is 1. The molecule has 0 aliphatic carbocycles. The van der Waals surface area contributed by atoms with Crippen LogP contribution in [-0.2, 0) is 4.79 Å². The molecule has 0 radical (unpaired) electrons. The molecule has 0 aliphatic heterocycles. The molecule has 2 atom stereocenters. The molecule has 53 heavy (non-hydrogen) atoms. The van der Waals surface area contributed by atoms with Crippen LogP contribution in [-0.4, -0.2) is 82.3 Å². The molecular weight excluding hydrogens is 655 g/mol. The topological polar surface area (TPSA) is 134 Å². The second kappa shape index (κ2) is 44.0. The van der Waals surface area contributed by atoms with Crippen molar-refractivity contribution in [2.24, 2.45) is 23.1 Å². The van der Waals surface area contributed by atoms with E-state index in [1.807, 2.05) is 0 Å². The third kappa shape index (κ3) is 37.9. The molecule has 1 unspecified atom stereocenters. The molecule has 0 saturated heterocycles. The van der Waals surface area contributed by atoms with Crippen molar-refractivity contribution in [3.05, 3.63) is 0 Å². The second-order valence-corrected chi connectivity index (χ2v) is 16.3. The van der Waals surface area contributed by atoms with Gasteiger partial charge in [0.15, 0.2) is 0 Å². The van der Waals surface area contributed by atoms with Gasteiger partial charge < -0.3 is 33.2 Å². The van der Waals surface area contributed by atoms with Crippen LogP contribution in [0.25, 0.3) is 0 Å². The first-order valence-electron chi connectivity index (χ1n) is 23.7. The summed E-state index contributed by atoms with van der Waals surface area (Å²) in [5, 5.41) is 10.7. The normalized spacial score (nSPS) is 12.9. The first kappa shape index (κ1) is 52.2. The molecule has 0 aromatic heterocycles. The highest BCUT2D eigenvalue weighted by molar-refractivity contribution is 5.81. The molecule has 0 bridgehead atoms. The molecule has 8 nitrogen and oxygen atoms in total. The number of carbonyl (C=O) groups is 1. The van der Waals surface area contributed by atoms with Gasteiger partial charge in [0.25, 0.3) is 0 Å². The fourth-order valence-electron chi connectivity index (χ4n) is 7.58. The zero-order valence-corrected chi connectivity index (χ0v) is 36.0. The standard InChI is InChI=1S/C45H97N7O/c1-3-5-7-9-11-13-15-17-18-19-21-23-25-27-31-43(41-49-37-40-52(38-34-47)39-35-48)42-51-44(32-28-29-33-46)45(53)50-36-30-26-24-22-20-16-14-12-10-8-6-4-2/h43-44,49,51H,3-42,46-48H2,1-2H3,(H,50,53)/t43?,44-/m0/s1. The summed E-state index contributed by atoms with van der Waals surface area (Å²) in [6.45, 7) is 12.9. The van der Waals surface area contributed by atoms with E-state index in [1.165, 1.54) is 167 Å². The Labute approximate surface area is 331 Å². The van der Waals surface area contributed by atoms with Crippen LogP contribution in [0.4, 0.5) is 0 Å². The van der Waals surface area contributed by atoms with E-state index >= 15 is 0 Å². The van der Waals surface area contributed by atoms with Crippen molar-refractivity contribution in [2.75, 3.05) is 65.4 Å². The molecule has 0 fully saturated rings. The molecular formula is C45H97N7O. The van der Waals surface area contributed by atoms with E-state index in [9.17, 15) is 4.79 Å². The van der Waals surface area contributed by atoms with E-state index in [0.29, 0.717) is 25.6 Å². The molecule has 318 valence electrons. The molecule has 1 amide bonds. The summed E-state index contributed by atoms with van der Waals surface area (Å²) in [6.07, 6.45) is 39.4. The van der Waals surface area contributed by atoms with Crippen LogP contribution in [0.3, 0.4) is 0 Å².